The zero-order valence-corrected chi connectivity index (χ0v) is 17.5. The molecule has 0 aliphatic carbocycles. The smallest absolute Gasteiger partial charge is 0.262 e. The van der Waals surface area contributed by atoms with E-state index in [0.717, 1.165) is 0 Å². The molecule has 3 aromatic rings. The fraction of sp³-hybridized carbons (Fsp3) is 0.0909. The Bertz CT molecular complexity index is 1060. The van der Waals surface area contributed by atoms with Crippen LogP contribution in [0.3, 0.4) is 0 Å². The summed E-state index contributed by atoms with van der Waals surface area (Å²) in [6.07, 6.45) is 0. The first-order chi connectivity index (χ1) is 14.5. The molecule has 0 heterocycles. The van der Waals surface area contributed by atoms with Crippen molar-refractivity contribution in [3.63, 3.8) is 0 Å². The average molecular weight is 473 g/mol. The molecule has 8 heteroatoms. The highest BCUT2D eigenvalue weighted by molar-refractivity contribution is 9.10. The third-order valence-corrected chi connectivity index (χ3v) is 4.66. The lowest BCUT2D eigenvalue weighted by molar-refractivity contribution is -0.118. The first-order valence-corrected chi connectivity index (χ1v) is 9.67. The maximum atomic E-state index is 13.1. The van der Waals surface area contributed by atoms with Gasteiger partial charge in [0, 0.05) is 11.3 Å². The van der Waals surface area contributed by atoms with Crippen LogP contribution >= 0.6 is 15.9 Å². The van der Waals surface area contributed by atoms with Gasteiger partial charge >= 0.3 is 0 Å². The van der Waals surface area contributed by atoms with Gasteiger partial charge in [0.25, 0.3) is 11.8 Å². The Kier molecular flexibility index (Phi) is 7.03. The first-order valence-electron chi connectivity index (χ1n) is 8.88. The van der Waals surface area contributed by atoms with Crippen molar-refractivity contribution in [1.29, 1.82) is 0 Å². The third-order valence-electron chi connectivity index (χ3n) is 4.04. The maximum absolute atomic E-state index is 13.1. The van der Waals surface area contributed by atoms with Crippen LogP contribution in [0.4, 0.5) is 15.8 Å². The van der Waals surface area contributed by atoms with Crippen molar-refractivity contribution < 1.29 is 23.5 Å². The van der Waals surface area contributed by atoms with Gasteiger partial charge in [-0.3, -0.25) is 9.59 Å². The van der Waals surface area contributed by atoms with Gasteiger partial charge in [0.2, 0.25) is 0 Å². The van der Waals surface area contributed by atoms with Crippen LogP contribution in [-0.4, -0.2) is 25.5 Å². The van der Waals surface area contributed by atoms with E-state index in [0.29, 0.717) is 32.9 Å². The minimum Gasteiger partial charge on any atom is -0.495 e. The average Bonchev–Trinajstić information content (AvgIpc) is 2.74. The van der Waals surface area contributed by atoms with Crippen LogP contribution < -0.4 is 20.1 Å². The van der Waals surface area contributed by atoms with E-state index in [1.807, 2.05) is 6.07 Å². The second-order valence-electron chi connectivity index (χ2n) is 6.14. The van der Waals surface area contributed by atoms with Crippen molar-refractivity contribution in [2.45, 2.75) is 0 Å². The molecule has 154 valence electrons. The van der Waals surface area contributed by atoms with Crippen molar-refractivity contribution in [3.05, 3.63) is 82.6 Å². The number of nitrogens with one attached hydrogen (secondary N) is 2. The molecule has 2 amide bonds. The SMILES string of the molecule is COc1ccccc1NC(=O)c1ccc(NC(=O)COc2ccc(F)cc2Br)cc1. The molecule has 0 saturated heterocycles. The van der Waals surface area contributed by atoms with Gasteiger partial charge in [-0.15, -0.1) is 0 Å². The second kappa shape index (κ2) is 9.89. The highest BCUT2D eigenvalue weighted by Crippen LogP contribution is 2.26. The normalized spacial score (nSPS) is 10.2. The number of anilines is 2. The number of hydrogen-bond acceptors (Lipinski definition) is 4. The summed E-state index contributed by atoms with van der Waals surface area (Å²) in [7, 11) is 1.53. The van der Waals surface area contributed by atoms with Gasteiger partial charge in [-0.1, -0.05) is 12.1 Å². The zero-order chi connectivity index (χ0) is 21.5. The molecule has 0 aliphatic rings. The fourth-order valence-electron chi connectivity index (χ4n) is 2.58. The minimum absolute atomic E-state index is 0.250. The van der Waals surface area contributed by atoms with Crippen LogP contribution in [0.15, 0.2) is 71.2 Å². The summed E-state index contributed by atoms with van der Waals surface area (Å²) in [4.78, 5) is 24.5. The van der Waals surface area contributed by atoms with E-state index in [4.69, 9.17) is 9.47 Å². The summed E-state index contributed by atoms with van der Waals surface area (Å²) in [5.74, 6) is -0.190. The van der Waals surface area contributed by atoms with Crippen LogP contribution in [-0.2, 0) is 4.79 Å². The summed E-state index contributed by atoms with van der Waals surface area (Å²) in [5.41, 5.74) is 1.49. The van der Waals surface area contributed by atoms with Gasteiger partial charge in [0.05, 0.1) is 17.3 Å². The largest absolute Gasteiger partial charge is 0.495 e. The summed E-state index contributed by atoms with van der Waals surface area (Å²) in [6, 6.07) is 17.4. The molecule has 3 aromatic carbocycles. The van der Waals surface area contributed by atoms with Gasteiger partial charge < -0.3 is 20.1 Å². The van der Waals surface area contributed by atoms with E-state index >= 15 is 0 Å². The zero-order valence-electron chi connectivity index (χ0n) is 15.9. The number of para-hydroxylation sites is 2. The number of carbonyl (C=O) groups is 2. The van der Waals surface area contributed by atoms with E-state index in [2.05, 4.69) is 26.6 Å². The Morgan fingerprint density at radius 1 is 0.967 bits per heavy atom. The summed E-state index contributed by atoms with van der Waals surface area (Å²) >= 11 is 3.18. The number of rotatable bonds is 7. The summed E-state index contributed by atoms with van der Waals surface area (Å²) in [6.45, 7) is -0.250. The number of benzene rings is 3. The van der Waals surface area contributed by atoms with Crippen molar-refractivity contribution in [2.24, 2.45) is 0 Å². The molecule has 0 unspecified atom stereocenters. The molecule has 0 bridgehead atoms. The highest BCUT2D eigenvalue weighted by atomic mass is 79.9. The predicted molar refractivity (Wildman–Crippen MR) is 116 cm³/mol. The molecule has 0 saturated carbocycles. The number of methoxy groups -OCH3 is 1. The standard InChI is InChI=1S/C22H18BrFN2O4/c1-29-20-5-3-2-4-18(20)26-22(28)14-6-9-16(10-7-14)25-21(27)13-30-19-11-8-15(24)12-17(19)23/h2-12H,13H2,1H3,(H,25,27)(H,26,28). The second-order valence-corrected chi connectivity index (χ2v) is 7.00. The molecule has 6 nitrogen and oxygen atoms in total. The van der Waals surface area contributed by atoms with Gasteiger partial charge in [0.1, 0.15) is 17.3 Å². The topological polar surface area (TPSA) is 76.7 Å². The van der Waals surface area contributed by atoms with Crippen molar-refractivity contribution in [1.82, 2.24) is 0 Å². The fourth-order valence-corrected chi connectivity index (χ4v) is 3.05. The lowest BCUT2D eigenvalue weighted by Crippen LogP contribution is -2.20. The van der Waals surface area contributed by atoms with Gasteiger partial charge in [-0.05, 0) is 70.5 Å². The molecule has 3 rings (SSSR count). The number of ether oxygens (including phenoxy) is 2. The molecule has 0 spiro atoms. The van der Waals surface area contributed by atoms with E-state index in [9.17, 15) is 14.0 Å². The molecule has 0 radical (unpaired) electrons. The summed E-state index contributed by atoms with van der Waals surface area (Å²) in [5, 5.41) is 5.46. The molecule has 30 heavy (non-hydrogen) atoms. The predicted octanol–water partition coefficient (Wildman–Crippen LogP) is 4.87. The Morgan fingerprint density at radius 3 is 2.40 bits per heavy atom. The molecule has 2 N–H and O–H groups in total. The minimum atomic E-state index is -0.409. The number of carbonyl (C=O) groups excluding carboxylic acids is 2. The quantitative estimate of drug-likeness (QED) is 0.514. The molecular weight excluding hydrogens is 455 g/mol. The van der Waals surface area contributed by atoms with Crippen LogP contribution in [0, 0.1) is 5.82 Å². The molecule has 0 fully saturated rings. The number of amides is 2. The lowest BCUT2D eigenvalue weighted by atomic mass is 10.2. The first kappa shape index (κ1) is 21.3. The van der Waals surface area contributed by atoms with E-state index in [1.165, 1.54) is 25.3 Å². The molecule has 0 aliphatic heterocycles. The van der Waals surface area contributed by atoms with Crippen LogP contribution in [0.5, 0.6) is 11.5 Å². The van der Waals surface area contributed by atoms with E-state index in [-0.39, 0.29) is 12.5 Å². The van der Waals surface area contributed by atoms with Crippen molar-refractivity contribution >= 4 is 39.1 Å². The number of halogens is 2. The Labute approximate surface area is 181 Å². The van der Waals surface area contributed by atoms with Gasteiger partial charge in [-0.25, -0.2) is 4.39 Å². The molecule has 0 atom stereocenters. The van der Waals surface area contributed by atoms with E-state index in [1.54, 1.807) is 42.5 Å². The van der Waals surface area contributed by atoms with Crippen molar-refractivity contribution in [3.8, 4) is 11.5 Å². The maximum Gasteiger partial charge on any atom is 0.262 e. The van der Waals surface area contributed by atoms with Crippen LogP contribution in [0.1, 0.15) is 10.4 Å². The molecule has 0 aromatic heterocycles. The molecular formula is C22H18BrFN2O4. The lowest BCUT2D eigenvalue weighted by Gasteiger charge is -2.11. The monoisotopic (exact) mass is 472 g/mol. The van der Waals surface area contributed by atoms with Crippen LogP contribution in [0.2, 0.25) is 0 Å². The third kappa shape index (κ3) is 5.57. The van der Waals surface area contributed by atoms with Gasteiger partial charge in [-0.2, -0.15) is 0 Å². The highest BCUT2D eigenvalue weighted by Gasteiger charge is 2.11. The Balaban J connectivity index is 1.56. The van der Waals surface area contributed by atoms with Crippen molar-refractivity contribution in [2.75, 3.05) is 24.4 Å². The van der Waals surface area contributed by atoms with Crippen LogP contribution in [0.25, 0.3) is 0 Å². The Morgan fingerprint density at radius 2 is 1.70 bits per heavy atom. The van der Waals surface area contributed by atoms with E-state index < -0.39 is 11.7 Å². The van der Waals surface area contributed by atoms with Gasteiger partial charge in [0.15, 0.2) is 6.61 Å². The Hall–Kier alpha value is -3.39. The number of hydrogen-bond donors (Lipinski definition) is 2. The summed E-state index contributed by atoms with van der Waals surface area (Å²) < 4.78 is 24.1.